The third kappa shape index (κ3) is 2.65. The maximum atomic E-state index is 12.2. The van der Waals surface area contributed by atoms with E-state index in [-0.39, 0.29) is 6.54 Å². The standard InChI is InChI=1S/C12H15N3O3S/c1-3-4-8-10(16)14-12(18)15(11(8)17)5-9-7(2)13-6-19-9/h6,8H,3-5H2,1-2H3,(H,14,16,18). The highest BCUT2D eigenvalue weighted by Gasteiger charge is 2.39. The van der Waals surface area contributed by atoms with Crippen molar-refractivity contribution in [3.05, 3.63) is 16.1 Å². The van der Waals surface area contributed by atoms with Crippen molar-refractivity contribution in [2.24, 2.45) is 5.92 Å². The minimum absolute atomic E-state index is 0.175. The Kier molecular flexibility index (Phi) is 3.94. The molecule has 1 aromatic heterocycles. The predicted octanol–water partition coefficient (Wildman–Crippen LogP) is 1.45. The van der Waals surface area contributed by atoms with Crippen LogP contribution in [0.3, 0.4) is 0 Å². The molecular formula is C12H15N3O3S. The zero-order valence-electron chi connectivity index (χ0n) is 10.8. The third-order valence-corrected chi connectivity index (χ3v) is 4.00. The molecule has 2 heterocycles. The van der Waals surface area contributed by atoms with Gasteiger partial charge in [0.15, 0.2) is 0 Å². The van der Waals surface area contributed by atoms with Gasteiger partial charge in [-0.15, -0.1) is 11.3 Å². The Labute approximate surface area is 114 Å². The Balaban J connectivity index is 2.19. The van der Waals surface area contributed by atoms with Crippen molar-refractivity contribution in [2.75, 3.05) is 0 Å². The lowest BCUT2D eigenvalue weighted by Gasteiger charge is -2.29. The number of urea groups is 1. The number of imide groups is 2. The Hall–Kier alpha value is -1.76. The molecule has 1 saturated heterocycles. The molecule has 2 rings (SSSR count). The van der Waals surface area contributed by atoms with Gasteiger partial charge in [0.05, 0.1) is 17.7 Å². The van der Waals surface area contributed by atoms with E-state index in [2.05, 4.69) is 10.3 Å². The number of nitrogens with one attached hydrogen (secondary N) is 1. The summed E-state index contributed by atoms with van der Waals surface area (Å²) >= 11 is 1.39. The lowest BCUT2D eigenvalue weighted by Crippen LogP contribution is -2.57. The molecule has 1 unspecified atom stereocenters. The first-order valence-corrected chi connectivity index (χ1v) is 6.97. The summed E-state index contributed by atoms with van der Waals surface area (Å²) in [7, 11) is 0. The number of aryl methyl sites for hydroxylation is 1. The van der Waals surface area contributed by atoms with Crippen molar-refractivity contribution in [3.8, 4) is 0 Å². The van der Waals surface area contributed by atoms with Crippen LogP contribution in [0.4, 0.5) is 4.79 Å². The number of hydrogen-bond donors (Lipinski definition) is 1. The van der Waals surface area contributed by atoms with Gasteiger partial charge >= 0.3 is 6.03 Å². The maximum Gasteiger partial charge on any atom is 0.331 e. The van der Waals surface area contributed by atoms with Gasteiger partial charge in [0.25, 0.3) is 0 Å². The van der Waals surface area contributed by atoms with E-state index in [0.29, 0.717) is 12.8 Å². The molecule has 1 aliphatic heterocycles. The van der Waals surface area contributed by atoms with Crippen LogP contribution in [-0.2, 0) is 16.1 Å². The van der Waals surface area contributed by atoms with E-state index in [1.54, 1.807) is 5.51 Å². The molecule has 0 aliphatic carbocycles. The highest BCUT2D eigenvalue weighted by atomic mass is 32.1. The molecule has 0 radical (unpaired) electrons. The number of nitrogens with zero attached hydrogens (tertiary/aromatic N) is 2. The molecule has 7 heteroatoms. The Bertz CT molecular complexity index is 526. The van der Waals surface area contributed by atoms with Crippen molar-refractivity contribution in [3.63, 3.8) is 0 Å². The van der Waals surface area contributed by atoms with E-state index >= 15 is 0 Å². The lowest BCUT2D eigenvalue weighted by molar-refractivity contribution is -0.143. The molecule has 1 atom stereocenters. The maximum absolute atomic E-state index is 12.2. The number of hydrogen-bond acceptors (Lipinski definition) is 5. The van der Waals surface area contributed by atoms with Crippen LogP contribution >= 0.6 is 11.3 Å². The highest BCUT2D eigenvalue weighted by molar-refractivity contribution is 7.09. The van der Waals surface area contributed by atoms with Gasteiger partial charge in [0.1, 0.15) is 5.92 Å². The van der Waals surface area contributed by atoms with Crippen LogP contribution in [0.2, 0.25) is 0 Å². The topological polar surface area (TPSA) is 79.4 Å². The van der Waals surface area contributed by atoms with Gasteiger partial charge < -0.3 is 0 Å². The summed E-state index contributed by atoms with van der Waals surface area (Å²) in [5.74, 6) is -1.66. The van der Waals surface area contributed by atoms with Gasteiger partial charge in [-0.05, 0) is 13.3 Å². The monoisotopic (exact) mass is 281 g/mol. The van der Waals surface area contributed by atoms with Crippen LogP contribution in [0.25, 0.3) is 0 Å². The third-order valence-electron chi connectivity index (χ3n) is 3.08. The number of rotatable bonds is 4. The van der Waals surface area contributed by atoms with Crippen LogP contribution in [-0.4, -0.2) is 27.7 Å². The molecule has 1 aromatic rings. The minimum Gasteiger partial charge on any atom is -0.277 e. The average molecular weight is 281 g/mol. The van der Waals surface area contributed by atoms with Gasteiger partial charge in [-0.2, -0.15) is 0 Å². The molecule has 102 valence electrons. The number of aromatic nitrogens is 1. The average Bonchev–Trinajstić information content (AvgIpc) is 2.76. The minimum atomic E-state index is -0.754. The van der Waals surface area contributed by atoms with Crippen molar-refractivity contribution in [1.82, 2.24) is 15.2 Å². The van der Waals surface area contributed by atoms with Crippen LogP contribution < -0.4 is 5.32 Å². The normalized spacial score (nSPS) is 19.8. The predicted molar refractivity (Wildman–Crippen MR) is 69.3 cm³/mol. The molecule has 1 aliphatic rings. The van der Waals surface area contributed by atoms with Crippen LogP contribution in [0.5, 0.6) is 0 Å². The molecule has 0 aromatic carbocycles. The van der Waals surface area contributed by atoms with Gasteiger partial charge in [0, 0.05) is 4.88 Å². The molecule has 1 N–H and O–H groups in total. The lowest BCUT2D eigenvalue weighted by atomic mass is 9.99. The first kappa shape index (κ1) is 13.7. The molecule has 0 bridgehead atoms. The van der Waals surface area contributed by atoms with Gasteiger partial charge in [-0.25, -0.2) is 9.78 Å². The summed E-state index contributed by atoms with van der Waals surface area (Å²) in [5.41, 5.74) is 2.47. The number of carbonyl (C=O) groups excluding carboxylic acids is 3. The van der Waals surface area contributed by atoms with Gasteiger partial charge in [-0.3, -0.25) is 19.8 Å². The summed E-state index contributed by atoms with van der Waals surface area (Å²) in [6.07, 6.45) is 1.17. The van der Waals surface area contributed by atoms with Crippen molar-refractivity contribution in [1.29, 1.82) is 0 Å². The second-order valence-corrected chi connectivity index (χ2v) is 5.36. The van der Waals surface area contributed by atoms with Crippen molar-refractivity contribution < 1.29 is 14.4 Å². The molecule has 0 saturated carbocycles. The second-order valence-electron chi connectivity index (χ2n) is 4.42. The fourth-order valence-electron chi connectivity index (χ4n) is 1.97. The molecule has 0 spiro atoms. The van der Waals surface area contributed by atoms with E-state index in [1.165, 1.54) is 11.3 Å². The SMILES string of the molecule is CCCC1C(=O)NC(=O)N(Cc2scnc2C)C1=O. The summed E-state index contributed by atoms with van der Waals surface area (Å²) in [5, 5.41) is 2.24. The smallest absolute Gasteiger partial charge is 0.277 e. The first-order chi connectivity index (χ1) is 9.04. The highest BCUT2D eigenvalue weighted by Crippen LogP contribution is 2.21. The molecule has 6 nitrogen and oxygen atoms in total. The fourth-order valence-corrected chi connectivity index (χ4v) is 2.74. The largest absolute Gasteiger partial charge is 0.331 e. The quantitative estimate of drug-likeness (QED) is 0.847. The fraction of sp³-hybridized carbons (Fsp3) is 0.500. The number of carbonyl (C=O) groups is 3. The number of barbiturate groups is 1. The van der Waals surface area contributed by atoms with Gasteiger partial charge in [0.2, 0.25) is 11.8 Å². The Morgan fingerprint density at radius 3 is 2.74 bits per heavy atom. The zero-order chi connectivity index (χ0) is 14.0. The van der Waals surface area contributed by atoms with Gasteiger partial charge in [-0.1, -0.05) is 13.3 Å². The van der Waals surface area contributed by atoms with Crippen LogP contribution in [0, 0.1) is 12.8 Å². The first-order valence-electron chi connectivity index (χ1n) is 6.09. The number of amides is 4. The number of thiazole rings is 1. The molecular weight excluding hydrogens is 266 g/mol. The van der Waals surface area contributed by atoms with Crippen molar-refractivity contribution in [2.45, 2.75) is 33.2 Å². The van der Waals surface area contributed by atoms with Crippen molar-refractivity contribution >= 4 is 29.2 Å². The zero-order valence-corrected chi connectivity index (χ0v) is 11.6. The molecule has 4 amide bonds. The van der Waals surface area contributed by atoms with E-state index < -0.39 is 23.8 Å². The van der Waals surface area contributed by atoms with Crippen LogP contribution in [0.1, 0.15) is 30.3 Å². The second kappa shape index (κ2) is 5.48. The molecule has 1 fully saturated rings. The van der Waals surface area contributed by atoms with E-state index in [9.17, 15) is 14.4 Å². The van der Waals surface area contributed by atoms with E-state index in [4.69, 9.17) is 0 Å². The van der Waals surface area contributed by atoms with Crippen LogP contribution in [0.15, 0.2) is 5.51 Å². The summed E-state index contributed by atoms with van der Waals surface area (Å²) in [6.45, 7) is 3.90. The summed E-state index contributed by atoms with van der Waals surface area (Å²) < 4.78 is 0. The Morgan fingerprint density at radius 1 is 1.42 bits per heavy atom. The van der Waals surface area contributed by atoms with E-state index in [0.717, 1.165) is 15.5 Å². The summed E-state index contributed by atoms with van der Waals surface area (Å²) in [4.78, 5) is 41.6. The van der Waals surface area contributed by atoms with E-state index in [1.807, 2.05) is 13.8 Å². The Morgan fingerprint density at radius 2 is 2.16 bits per heavy atom. The molecule has 19 heavy (non-hydrogen) atoms. The summed E-state index contributed by atoms with van der Waals surface area (Å²) in [6, 6.07) is -0.643.